The minimum atomic E-state index is 0.0415. The van der Waals surface area contributed by atoms with Crippen molar-refractivity contribution in [3.63, 3.8) is 0 Å². The highest BCUT2D eigenvalue weighted by Gasteiger charge is 2.26. The summed E-state index contributed by atoms with van der Waals surface area (Å²) < 4.78 is 10.8. The number of ether oxygens (including phenoxy) is 2. The Morgan fingerprint density at radius 1 is 1.40 bits per heavy atom. The third-order valence-corrected chi connectivity index (χ3v) is 4.55. The number of carbonyl (C=O) groups is 1. The summed E-state index contributed by atoms with van der Waals surface area (Å²) in [5.74, 6) is 1.14. The van der Waals surface area contributed by atoms with E-state index in [0.29, 0.717) is 19.1 Å². The number of methoxy groups -OCH3 is 1. The second-order valence-electron chi connectivity index (χ2n) is 6.50. The summed E-state index contributed by atoms with van der Waals surface area (Å²) in [7, 11) is 1.64. The number of amides is 1. The Labute approximate surface area is 148 Å². The first-order valence-electron chi connectivity index (χ1n) is 8.66. The largest absolute Gasteiger partial charge is 0.497 e. The normalized spacial score (nSPS) is 17.5. The number of H-pyrrole nitrogens is 1. The summed E-state index contributed by atoms with van der Waals surface area (Å²) in [6.45, 7) is 4.00. The number of aromatic nitrogens is 2. The van der Waals surface area contributed by atoms with Crippen LogP contribution in [-0.2, 0) is 16.1 Å². The van der Waals surface area contributed by atoms with E-state index in [1.165, 1.54) is 0 Å². The number of nitrogens with one attached hydrogen (secondary N) is 1. The molecule has 134 valence electrons. The minimum absolute atomic E-state index is 0.0415. The smallest absolute Gasteiger partial charge is 0.248 e. The Bertz CT molecular complexity index is 713. The van der Waals surface area contributed by atoms with Crippen molar-refractivity contribution in [1.82, 2.24) is 15.1 Å². The summed E-state index contributed by atoms with van der Waals surface area (Å²) in [5, 5.41) is 7.33. The molecule has 1 N–H and O–H groups in total. The van der Waals surface area contributed by atoms with Crippen molar-refractivity contribution in [2.24, 2.45) is 0 Å². The van der Waals surface area contributed by atoms with Crippen molar-refractivity contribution in [3.8, 4) is 5.75 Å². The number of hydrogen-bond acceptors (Lipinski definition) is 4. The summed E-state index contributed by atoms with van der Waals surface area (Å²) in [4.78, 5) is 14.3. The van der Waals surface area contributed by atoms with Gasteiger partial charge in [0.15, 0.2) is 0 Å². The summed E-state index contributed by atoms with van der Waals surface area (Å²) in [5.41, 5.74) is 3.10. The van der Waals surface area contributed by atoms with Crippen molar-refractivity contribution in [2.75, 3.05) is 26.8 Å². The lowest BCUT2D eigenvalue weighted by Crippen LogP contribution is -2.41. The van der Waals surface area contributed by atoms with E-state index in [9.17, 15) is 4.79 Å². The van der Waals surface area contributed by atoms with Gasteiger partial charge in [-0.2, -0.15) is 5.10 Å². The van der Waals surface area contributed by atoms with Crippen molar-refractivity contribution < 1.29 is 14.3 Å². The molecule has 2 aromatic rings. The molecule has 2 heterocycles. The third-order valence-electron chi connectivity index (χ3n) is 4.55. The number of aromatic amines is 1. The van der Waals surface area contributed by atoms with Gasteiger partial charge in [0.1, 0.15) is 12.4 Å². The standard InChI is InChI=1S/C19H25N3O3/c1-14-9-18(21-20-14)16-6-4-8-22(11-16)19(23)13-25-12-15-5-3-7-17(10-15)24-2/h3,5,7,9-10,16H,4,6,8,11-13H2,1-2H3,(H,20,21)/t16-/m1/s1. The molecule has 0 aliphatic carbocycles. The first kappa shape index (κ1) is 17.5. The van der Waals surface area contributed by atoms with E-state index in [2.05, 4.69) is 16.3 Å². The van der Waals surface area contributed by atoms with Crippen molar-refractivity contribution >= 4 is 5.91 Å². The zero-order valence-electron chi connectivity index (χ0n) is 14.8. The summed E-state index contributed by atoms with van der Waals surface area (Å²) in [6, 6.07) is 9.75. The van der Waals surface area contributed by atoms with E-state index in [0.717, 1.165) is 42.1 Å². The molecule has 1 fully saturated rings. The lowest BCUT2D eigenvalue weighted by atomic mass is 9.94. The first-order valence-corrected chi connectivity index (χ1v) is 8.66. The monoisotopic (exact) mass is 343 g/mol. The zero-order chi connectivity index (χ0) is 17.6. The van der Waals surface area contributed by atoms with Gasteiger partial charge >= 0.3 is 0 Å². The molecule has 0 unspecified atom stereocenters. The molecule has 1 aliphatic heterocycles. The van der Waals surface area contributed by atoms with E-state index >= 15 is 0 Å². The van der Waals surface area contributed by atoms with Crippen LogP contribution in [0.5, 0.6) is 5.75 Å². The van der Waals surface area contributed by atoms with Gasteiger partial charge in [0, 0.05) is 24.7 Å². The second kappa shape index (κ2) is 8.16. The highest BCUT2D eigenvalue weighted by molar-refractivity contribution is 5.77. The van der Waals surface area contributed by atoms with Gasteiger partial charge in [0.25, 0.3) is 0 Å². The van der Waals surface area contributed by atoms with E-state index in [-0.39, 0.29) is 12.5 Å². The van der Waals surface area contributed by atoms with Gasteiger partial charge in [-0.25, -0.2) is 0 Å². The Hall–Kier alpha value is -2.34. The fraction of sp³-hybridized carbons (Fsp3) is 0.474. The number of hydrogen-bond donors (Lipinski definition) is 1. The van der Waals surface area contributed by atoms with Crippen LogP contribution in [0.1, 0.15) is 35.7 Å². The van der Waals surface area contributed by atoms with Gasteiger partial charge in [-0.05, 0) is 43.5 Å². The van der Waals surface area contributed by atoms with Gasteiger partial charge in [-0.1, -0.05) is 12.1 Å². The molecule has 0 saturated carbocycles. The van der Waals surface area contributed by atoms with Crippen molar-refractivity contribution in [2.45, 2.75) is 32.3 Å². The molecule has 1 atom stereocenters. The quantitative estimate of drug-likeness (QED) is 0.875. The van der Waals surface area contributed by atoms with E-state index in [1.807, 2.05) is 36.1 Å². The number of likely N-dealkylation sites (tertiary alicyclic amines) is 1. The predicted molar refractivity (Wildman–Crippen MR) is 94.5 cm³/mol. The fourth-order valence-electron chi connectivity index (χ4n) is 3.20. The molecule has 3 rings (SSSR count). The lowest BCUT2D eigenvalue weighted by molar-refractivity contribution is -0.137. The molecular weight excluding hydrogens is 318 g/mol. The molecule has 25 heavy (non-hydrogen) atoms. The Morgan fingerprint density at radius 2 is 2.28 bits per heavy atom. The second-order valence-corrected chi connectivity index (χ2v) is 6.50. The maximum Gasteiger partial charge on any atom is 0.248 e. The number of piperidine rings is 1. The molecule has 0 radical (unpaired) electrons. The van der Waals surface area contributed by atoms with Gasteiger partial charge in [0.2, 0.25) is 5.91 Å². The summed E-state index contributed by atoms with van der Waals surface area (Å²) in [6.07, 6.45) is 2.07. The van der Waals surface area contributed by atoms with Crippen LogP contribution in [0.25, 0.3) is 0 Å². The minimum Gasteiger partial charge on any atom is -0.497 e. The van der Waals surface area contributed by atoms with Crippen LogP contribution < -0.4 is 4.74 Å². The van der Waals surface area contributed by atoms with Gasteiger partial charge in [-0.3, -0.25) is 9.89 Å². The molecule has 6 nitrogen and oxygen atoms in total. The van der Waals surface area contributed by atoms with Gasteiger partial charge in [0.05, 0.1) is 19.4 Å². The molecule has 6 heteroatoms. The Kier molecular flexibility index (Phi) is 5.71. The Balaban J connectivity index is 1.49. The van der Waals surface area contributed by atoms with Crippen LogP contribution in [0.15, 0.2) is 30.3 Å². The SMILES string of the molecule is COc1cccc(COCC(=O)N2CCC[C@@H](c3cc(C)[nH]n3)C2)c1. The van der Waals surface area contributed by atoms with Crippen LogP contribution in [-0.4, -0.2) is 47.8 Å². The number of nitrogens with zero attached hydrogens (tertiary/aromatic N) is 2. The van der Waals surface area contributed by atoms with E-state index < -0.39 is 0 Å². The third kappa shape index (κ3) is 4.60. The lowest BCUT2D eigenvalue weighted by Gasteiger charge is -2.32. The van der Waals surface area contributed by atoms with E-state index in [4.69, 9.17) is 9.47 Å². The average molecular weight is 343 g/mol. The Morgan fingerprint density at radius 3 is 3.04 bits per heavy atom. The molecule has 1 aromatic heterocycles. The highest BCUT2D eigenvalue weighted by atomic mass is 16.5. The number of rotatable bonds is 6. The molecule has 0 bridgehead atoms. The van der Waals surface area contributed by atoms with Crippen LogP contribution in [0.4, 0.5) is 0 Å². The van der Waals surface area contributed by atoms with Crippen LogP contribution >= 0.6 is 0 Å². The fourth-order valence-corrected chi connectivity index (χ4v) is 3.20. The van der Waals surface area contributed by atoms with Gasteiger partial charge in [-0.15, -0.1) is 0 Å². The maximum absolute atomic E-state index is 12.4. The van der Waals surface area contributed by atoms with Crippen LogP contribution in [0, 0.1) is 6.92 Å². The first-order chi connectivity index (χ1) is 12.2. The van der Waals surface area contributed by atoms with Crippen molar-refractivity contribution in [1.29, 1.82) is 0 Å². The van der Waals surface area contributed by atoms with E-state index in [1.54, 1.807) is 7.11 Å². The highest BCUT2D eigenvalue weighted by Crippen LogP contribution is 2.26. The predicted octanol–water partition coefficient (Wildman–Crippen LogP) is 2.65. The molecule has 1 saturated heterocycles. The molecular formula is C19H25N3O3. The average Bonchev–Trinajstić information content (AvgIpc) is 3.08. The zero-order valence-corrected chi connectivity index (χ0v) is 14.8. The number of aryl methyl sites for hydroxylation is 1. The van der Waals surface area contributed by atoms with Gasteiger partial charge < -0.3 is 14.4 Å². The summed E-state index contributed by atoms with van der Waals surface area (Å²) >= 11 is 0. The van der Waals surface area contributed by atoms with Crippen LogP contribution in [0.2, 0.25) is 0 Å². The molecule has 1 amide bonds. The molecule has 1 aromatic carbocycles. The molecule has 0 spiro atoms. The topological polar surface area (TPSA) is 67.5 Å². The molecule has 1 aliphatic rings. The van der Waals surface area contributed by atoms with Crippen molar-refractivity contribution in [3.05, 3.63) is 47.3 Å². The maximum atomic E-state index is 12.4. The van der Waals surface area contributed by atoms with Crippen LogP contribution in [0.3, 0.4) is 0 Å². The number of benzene rings is 1. The number of carbonyl (C=O) groups excluding carboxylic acids is 1.